The van der Waals surface area contributed by atoms with E-state index >= 15 is 0 Å². The topological polar surface area (TPSA) is 87.6 Å². The van der Waals surface area contributed by atoms with E-state index in [2.05, 4.69) is 30.7 Å². The lowest BCUT2D eigenvalue weighted by atomic mass is 10.2. The summed E-state index contributed by atoms with van der Waals surface area (Å²) in [4.78, 5) is 19.8. The number of halogens is 2. The quantitative estimate of drug-likeness (QED) is 0.225. The molecule has 28 heavy (non-hydrogen) atoms. The highest BCUT2D eigenvalue weighted by Crippen LogP contribution is 2.10. The van der Waals surface area contributed by atoms with E-state index < -0.39 is 6.09 Å². The van der Waals surface area contributed by atoms with Crippen molar-refractivity contribution in [2.45, 2.75) is 19.9 Å². The molecule has 9 heteroatoms. The Bertz CT molecular complexity index is 754. The van der Waals surface area contributed by atoms with Gasteiger partial charge in [-0.05, 0) is 42.7 Å². The zero-order valence-electron chi connectivity index (χ0n) is 15.9. The van der Waals surface area contributed by atoms with Crippen molar-refractivity contribution in [1.29, 1.82) is 0 Å². The van der Waals surface area contributed by atoms with Crippen molar-refractivity contribution in [3.8, 4) is 0 Å². The monoisotopic (exact) mass is 517 g/mol. The second-order valence-electron chi connectivity index (χ2n) is 5.67. The van der Waals surface area contributed by atoms with Crippen LogP contribution in [0.25, 0.3) is 0 Å². The fraction of sp³-hybridized carbons (Fsp3) is 0.316. The van der Waals surface area contributed by atoms with Crippen LogP contribution in [-0.2, 0) is 17.7 Å². The molecule has 0 radical (unpaired) electrons. The Morgan fingerprint density at radius 3 is 2.46 bits per heavy atom. The number of aromatic nitrogens is 1. The number of carbonyl (C=O) groups excluding carboxylic acids is 1. The second-order valence-corrected chi connectivity index (χ2v) is 6.06. The molecule has 0 aliphatic carbocycles. The largest absolute Gasteiger partial charge is 0.453 e. The molecule has 3 N–H and O–H groups in total. The maximum Gasteiger partial charge on any atom is 0.411 e. The van der Waals surface area contributed by atoms with Crippen LogP contribution in [0.1, 0.15) is 18.1 Å². The summed E-state index contributed by atoms with van der Waals surface area (Å²) < 4.78 is 4.57. The number of nitrogens with one attached hydrogen (secondary N) is 3. The zero-order chi connectivity index (χ0) is 19.5. The zero-order valence-corrected chi connectivity index (χ0v) is 19.0. The standard InChI is InChI=1S/C19H24ClN5O2.HI/c1-3-21-18(22-11-10-15-6-9-17(20)23-12-15)24-13-14-4-7-16(8-5-14)25-19(26)27-2;/h4-9,12H,3,10-11,13H2,1-2H3,(H,25,26)(H2,21,22,24);1H. The highest BCUT2D eigenvalue weighted by atomic mass is 127. The van der Waals surface area contributed by atoms with E-state index in [9.17, 15) is 4.79 Å². The molecule has 1 heterocycles. The van der Waals surface area contributed by atoms with Crippen LogP contribution < -0.4 is 16.0 Å². The number of carbonyl (C=O) groups is 1. The molecule has 7 nitrogen and oxygen atoms in total. The molecule has 0 unspecified atom stereocenters. The maximum atomic E-state index is 11.2. The highest BCUT2D eigenvalue weighted by molar-refractivity contribution is 14.0. The Morgan fingerprint density at radius 2 is 1.86 bits per heavy atom. The minimum absolute atomic E-state index is 0. The van der Waals surface area contributed by atoms with Gasteiger partial charge in [0.1, 0.15) is 5.15 Å². The second kappa shape index (κ2) is 13.2. The van der Waals surface area contributed by atoms with E-state index in [4.69, 9.17) is 11.6 Å². The SMILES string of the molecule is CCNC(=NCc1ccc(NC(=O)OC)cc1)NCCc1ccc(Cl)nc1.I. The van der Waals surface area contributed by atoms with Gasteiger partial charge < -0.3 is 15.4 Å². The van der Waals surface area contributed by atoms with E-state index in [1.54, 1.807) is 12.3 Å². The summed E-state index contributed by atoms with van der Waals surface area (Å²) in [6, 6.07) is 11.2. The smallest absolute Gasteiger partial charge is 0.411 e. The molecule has 0 saturated carbocycles. The molecule has 1 amide bonds. The van der Waals surface area contributed by atoms with E-state index in [1.165, 1.54) is 7.11 Å². The van der Waals surface area contributed by atoms with Gasteiger partial charge in [0.25, 0.3) is 0 Å². The molecule has 0 saturated heterocycles. The van der Waals surface area contributed by atoms with Gasteiger partial charge in [-0.1, -0.05) is 29.8 Å². The molecule has 0 aliphatic heterocycles. The van der Waals surface area contributed by atoms with E-state index in [0.29, 0.717) is 17.4 Å². The van der Waals surface area contributed by atoms with Gasteiger partial charge in [0, 0.05) is 25.0 Å². The molecule has 152 valence electrons. The molecule has 1 aromatic heterocycles. The first-order chi connectivity index (χ1) is 13.1. The van der Waals surface area contributed by atoms with Crippen molar-refractivity contribution < 1.29 is 9.53 Å². The minimum Gasteiger partial charge on any atom is -0.453 e. The molecule has 2 rings (SSSR count). The Labute approximate surface area is 187 Å². The van der Waals surface area contributed by atoms with E-state index in [0.717, 1.165) is 36.6 Å². The summed E-state index contributed by atoms with van der Waals surface area (Å²) in [5.74, 6) is 0.746. The average molecular weight is 518 g/mol. The summed E-state index contributed by atoms with van der Waals surface area (Å²) in [5, 5.41) is 9.64. The number of benzene rings is 1. The number of nitrogens with zero attached hydrogens (tertiary/aromatic N) is 2. The van der Waals surface area contributed by atoms with Gasteiger partial charge in [0.05, 0.1) is 13.7 Å². The van der Waals surface area contributed by atoms with Crippen molar-refractivity contribution in [1.82, 2.24) is 15.6 Å². The summed E-state index contributed by atoms with van der Waals surface area (Å²) in [6.07, 6.45) is 2.11. The van der Waals surface area contributed by atoms with Gasteiger partial charge in [-0.2, -0.15) is 0 Å². The number of guanidine groups is 1. The van der Waals surface area contributed by atoms with Gasteiger partial charge in [0.15, 0.2) is 5.96 Å². The van der Waals surface area contributed by atoms with Crippen LogP contribution in [0.2, 0.25) is 5.15 Å². The van der Waals surface area contributed by atoms with E-state index in [-0.39, 0.29) is 24.0 Å². The molecule has 0 atom stereocenters. The lowest BCUT2D eigenvalue weighted by Crippen LogP contribution is -2.38. The Balaban J connectivity index is 0.00000392. The fourth-order valence-electron chi connectivity index (χ4n) is 2.25. The Kier molecular flexibility index (Phi) is 11.3. The lowest BCUT2D eigenvalue weighted by Gasteiger charge is -2.11. The van der Waals surface area contributed by atoms with Crippen molar-refractivity contribution in [3.63, 3.8) is 0 Å². The molecule has 1 aromatic carbocycles. The number of pyridine rings is 1. The minimum atomic E-state index is -0.490. The number of anilines is 1. The van der Waals surface area contributed by atoms with Crippen LogP contribution in [0.15, 0.2) is 47.6 Å². The van der Waals surface area contributed by atoms with Crippen LogP contribution in [0.5, 0.6) is 0 Å². The first kappa shape index (κ1) is 24.0. The van der Waals surface area contributed by atoms with Gasteiger partial charge in [-0.15, -0.1) is 24.0 Å². The first-order valence-electron chi connectivity index (χ1n) is 8.67. The van der Waals surface area contributed by atoms with Crippen molar-refractivity contribution in [2.24, 2.45) is 4.99 Å². The molecule has 0 bridgehead atoms. The molecular formula is C19H25ClIN5O2. The molecule has 0 spiro atoms. The molecule has 0 aliphatic rings. The number of methoxy groups -OCH3 is 1. The van der Waals surface area contributed by atoms with Gasteiger partial charge in [-0.3, -0.25) is 5.32 Å². The number of hydrogen-bond donors (Lipinski definition) is 3. The number of rotatable bonds is 7. The summed E-state index contributed by atoms with van der Waals surface area (Å²) in [7, 11) is 1.33. The number of aliphatic imine (C=N–C) groups is 1. The molecule has 2 aromatic rings. The van der Waals surface area contributed by atoms with Crippen LogP contribution in [0, 0.1) is 0 Å². The van der Waals surface area contributed by atoms with E-state index in [1.807, 2.05) is 37.3 Å². The maximum absolute atomic E-state index is 11.2. The first-order valence-corrected chi connectivity index (χ1v) is 9.05. The Hall–Kier alpha value is -2.07. The normalized spacial score (nSPS) is 10.6. The molecular weight excluding hydrogens is 493 g/mol. The number of ether oxygens (including phenoxy) is 1. The third-order valence-corrected chi connectivity index (χ3v) is 3.87. The van der Waals surface area contributed by atoms with Gasteiger partial charge in [0.2, 0.25) is 0 Å². The predicted molar refractivity (Wildman–Crippen MR) is 124 cm³/mol. The third-order valence-electron chi connectivity index (χ3n) is 3.64. The fourth-order valence-corrected chi connectivity index (χ4v) is 2.37. The summed E-state index contributed by atoms with van der Waals surface area (Å²) >= 11 is 5.80. The summed E-state index contributed by atoms with van der Waals surface area (Å²) in [6.45, 7) is 4.05. The average Bonchev–Trinajstić information content (AvgIpc) is 2.68. The van der Waals surface area contributed by atoms with Crippen LogP contribution in [0.4, 0.5) is 10.5 Å². The number of hydrogen-bond acceptors (Lipinski definition) is 4. The van der Waals surface area contributed by atoms with Gasteiger partial charge >= 0.3 is 6.09 Å². The summed E-state index contributed by atoms with van der Waals surface area (Å²) in [5.41, 5.74) is 2.82. The van der Waals surface area contributed by atoms with Crippen molar-refractivity contribution in [2.75, 3.05) is 25.5 Å². The third kappa shape index (κ3) is 8.75. The molecule has 0 fully saturated rings. The van der Waals surface area contributed by atoms with Crippen LogP contribution >= 0.6 is 35.6 Å². The van der Waals surface area contributed by atoms with Crippen LogP contribution in [-0.4, -0.2) is 37.2 Å². The predicted octanol–water partition coefficient (Wildman–Crippen LogP) is 3.83. The Morgan fingerprint density at radius 1 is 1.14 bits per heavy atom. The van der Waals surface area contributed by atoms with Crippen molar-refractivity contribution in [3.05, 3.63) is 58.9 Å². The van der Waals surface area contributed by atoms with Crippen molar-refractivity contribution >= 4 is 53.3 Å². The number of amides is 1. The van der Waals surface area contributed by atoms with Crippen LogP contribution in [0.3, 0.4) is 0 Å². The highest BCUT2D eigenvalue weighted by Gasteiger charge is 2.02. The lowest BCUT2D eigenvalue weighted by molar-refractivity contribution is 0.187. The van der Waals surface area contributed by atoms with Gasteiger partial charge in [-0.25, -0.2) is 14.8 Å².